The van der Waals surface area contributed by atoms with E-state index in [0.29, 0.717) is 31.3 Å². The molecule has 1 spiro atoms. The van der Waals surface area contributed by atoms with E-state index in [1.54, 1.807) is 11.9 Å². The summed E-state index contributed by atoms with van der Waals surface area (Å²) in [4.78, 5) is 29.8. The van der Waals surface area contributed by atoms with E-state index in [9.17, 15) is 9.59 Å². The number of likely N-dealkylation sites (tertiary alicyclic amines) is 1. The predicted molar refractivity (Wildman–Crippen MR) is 97.5 cm³/mol. The van der Waals surface area contributed by atoms with Crippen LogP contribution in [0.1, 0.15) is 31.7 Å². The molecule has 3 aliphatic rings. The molecule has 0 radical (unpaired) electrons. The summed E-state index contributed by atoms with van der Waals surface area (Å²) in [5.41, 5.74) is 0.144. The lowest BCUT2D eigenvalue weighted by Gasteiger charge is -2.27. The number of hydrogen-bond donors (Lipinski definition) is 0. The second-order valence-corrected chi connectivity index (χ2v) is 8.47. The zero-order valence-corrected chi connectivity index (χ0v) is 16.3. The summed E-state index contributed by atoms with van der Waals surface area (Å²) in [5, 5.41) is 3.86. The molecule has 4 heterocycles. The lowest BCUT2D eigenvalue weighted by atomic mass is 9.76. The molecule has 1 aromatic heterocycles. The van der Waals surface area contributed by atoms with Gasteiger partial charge in [0.2, 0.25) is 11.8 Å². The second kappa shape index (κ2) is 6.48. The minimum absolute atomic E-state index is 0.0461. The van der Waals surface area contributed by atoms with Gasteiger partial charge in [0.25, 0.3) is 0 Å². The topological polar surface area (TPSA) is 75.9 Å². The molecule has 2 amide bonds. The SMILES string of the molecule is Cc1cc(CN(C)C(=O)C2C3C(=O)N(CCC(C)C)C[C@]34C=C[C@H]2O4)on1. The monoisotopic (exact) mass is 373 g/mol. The highest BCUT2D eigenvalue weighted by atomic mass is 16.5. The minimum Gasteiger partial charge on any atom is -0.360 e. The highest BCUT2D eigenvalue weighted by molar-refractivity contribution is 5.92. The van der Waals surface area contributed by atoms with Crippen molar-refractivity contribution in [3.8, 4) is 0 Å². The van der Waals surface area contributed by atoms with Gasteiger partial charge in [0.1, 0.15) is 5.60 Å². The third-order valence-electron chi connectivity index (χ3n) is 5.89. The van der Waals surface area contributed by atoms with E-state index in [2.05, 4.69) is 19.0 Å². The molecular formula is C20H27N3O4. The van der Waals surface area contributed by atoms with Crippen molar-refractivity contribution in [1.82, 2.24) is 15.0 Å². The maximum absolute atomic E-state index is 13.2. The molecular weight excluding hydrogens is 346 g/mol. The molecule has 2 unspecified atom stereocenters. The van der Waals surface area contributed by atoms with Crippen LogP contribution < -0.4 is 0 Å². The van der Waals surface area contributed by atoms with Crippen molar-refractivity contribution in [3.63, 3.8) is 0 Å². The smallest absolute Gasteiger partial charge is 0.230 e. The van der Waals surface area contributed by atoms with Gasteiger partial charge in [0.15, 0.2) is 5.76 Å². The van der Waals surface area contributed by atoms with Crippen LogP contribution in [0, 0.1) is 24.7 Å². The first-order valence-corrected chi connectivity index (χ1v) is 9.64. The molecule has 0 N–H and O–H groups in total. The Morgan fingerprint density at radius 1 is 1.48 bits per heavy atom. The first-order valence-electron chi connectivity index (χ1n) is 9.64. The fourth-order valence-corrected chi connectivity index (χ4v) is 4.52. The molecule has 0 aromatic carbocycles. The molecule has 3 aliphatic heterocycles. The Balaban J connectivity index is 1.51. The predicted octanol–water partition coefficient (Wildman–Crippen LogP) is 1.77. The van der Waals surface area contributed by atoms with Crippen LogP contribution in [0.5, 0.6) is 0 Å². The molecule has 2 fully saturated rings. The van der Waals surface area contributed by atoms with E-state index in [4.69, 9.17) is 9.26 Å². The Labute approximate surface area is 159 Å². The molecule has 2 bridgehead atoms. The largest absolute Gasteiger partial charge is 0.360 e. The van der Waals surface area contributed by atoms with Gasteiger partial charge < -0.3 is 19.1 Å². The van der Waals surface area contributed by atoms with Gasteiger partial charge in [-0.1, -0.05) is 31.2 Å². The number of aryl methyl sites for hydroxylation is 1. The third kappa shape index (κ3) is 2.98. The summed E-state index contributed by atoms with van der Waals surface area (Å²) in [6, 6.07) is 1.82. The van der Waals surface area contributed by atoms with Gasteiger partial charge in [-0.2, -0.15) is 0 Å². The van der Waals surface area contributed by atoms with Crippen molar-refractivity contribution in [1.29, 1.82) is 0 Å². The van der Waals surface area contributed by atoms with Crippen LogP contribution in [0.25, 0.3) is 0 Å². The zero-order chi connectivity index (χ0) is 19.3. The lowest BCUT2D eigenvalue weighted by Crippen LogP contribution is -2.44. The molecule has 0 saturated carbocycles. The fraction of sp³-hybridized carbons (Fsp3) is 0.650. The van der Waals surface area contributed by atoms with Gasteiger partial charge in [0, 0.05) is 19.7 Å². The summed E-state index contributed by atoms with van der Waals surface area (Å²) >= 11 is 0. The summed E-state index contributed by atoms with van der Waals surface area (Å²) in [5.74, 6) is 0.229. The number of carbonyl (C=O) groups excluding carboxylic acids is 2. The van der Waals surface area contributed by atoms with E-state index in [-0.39, 0.29) is 17.9 Å². The molecule has 27 heavy (non-hydrogen) atoms. The van der Waals surface area contributed by atoms with Gasteiger partial charge in [-0.15, -0.1) is 0 Å². The number of nitrogens with zero attached hydrogens (tertiary/aromatic N) is 3. The standard InChI is InChI=1S/C20H27N3O4/c1-12(2)6-8-23-11-20-7-5-15(26-20)16(17(20)19(23)25)18(24)22(4)10-14-9-13(3)21-27-14/h5,7,9,12,15-17H,6,8,10-11H2,1-4H3/t15-,16?,17?,20-/m1/s1. The van der Waals surface area contributed by atoms with Crippen LogP contribution in [-0.4, -0.2) is 58.6 Å². The number of carbonyl (C=O) groups is 2. The maximum Gasteiger partial charge on any atom is 0.230 e. The van der Waals surface area contributed by atoms with Crippen molar-refractivity contribution in [2.45, 2.75) is 45.4 Å². The van der Waals surface area contributed by atoms with E-state index in [0.717, 1.165) is 12.1 Å². The van der Waals surface area contributed by atoms with Crippen molar-refractivity contribution in [3.05, 3.63) is 29.7 Å². The van der Waals surface area contributed by atoms with Gasteiger partial charge in [-0.3, -0.25) is 9.59 Å². The van der Waals surface area contributed by atoms with Crippen LogP contribution >= 0.6 is 0 Å². The van der Waals surface area contributed by atoms with Gasteiger partial charge >= 0.3 is 0 Å². The number of hydrogen-bond acceptors (Lipinski definition) is 5. The first-order chi connectivity index (χ1) is 12.8. The number of amides is 2. The van der Waals surface area contributed by atoms with Crippen molar-refractivity contribution < 1.29 is 18.8 Å². The minimum atomic E-state index is -0.636. The average molecular weight is 373 g/mol. The highest BCUT2D eigenvalue weighted by Gasteiger charge is 2.66. The number of aromatic nitrogens is 1. The highest BCUT2D eigenvalue weighted by Crippen LogP contribution is 2.52. The van der Waals surface area contributed by atoms with Crippen LogP contribution in [0.15, 0.2) is 22.7 Å². The van der Waals surface area contributed by atoms with Gasteiger partial charge in [-0.05, 0) is 19.3 Å². The van der Waals surface area contributed by atoms with Gasteiger partial charge in [-0.25, -0.2) is 0 Å². The van der Waals surface area contributed by atoms with E-state index in [1.807, 2.05) is 30.0 Å². The second-order valence-electron chi connectivity index (χ2n) is 8.47. The van der Waals surface area contributed by atoms with Crippen LogP contribution in [0.4, 0.5) is 0 Å². The van der Waals surface area contributed by atoms with Crippen LogP contribution in [0.2, 0.25) is 0 Å². The molecule has 146 valence electrons. The van der Waals surface area contributed by atoms with E-state index < -0.39 is 17.4 Å². The number of fused-ring (bicyclic) bond motifs is 1. The molecule has 1 aromatic rings. The van der Waals surface area contributed by atoms with Crippen molar-refractivity contribution in [2.75, 3.05) is 20.1 Å². The molecule has 4 atom stereocenters. The lowest BCUT2D eigenvalue weighted by molar-refractivity contribution is -0.142. The van der Waals surface area contributed by atoms with Gasteiger partial charge in [0.05, 0.1) is 36.7 Å². The molecule has 7 nitrogen and oxygen atoms in total. The molecule has 2 saturated heterocycles. The average Bonchev–Trinajstić information content (AvgIpc) is 3.34. The summed E-state index contributed by atoms with van der Waals surface area (Å²) < 4.78 is 11.4. The Kier molecular flexibility index (Phi) is 4.37. The summed E-state index contributed by atoms with van der Waals surface area (Å²) in [7, 11) is 1.73. The fourth-order valence-electron chi connectivity index (χ4n) is 4.52. The molecule has 4 rings (SSSR count). The Morgan fingerprint density at radius 3 is 2.93 bits per heavy atom. The first kappa shape index (κ1) is 18.2. The number of ether oxygens (including phenoxy) is 1. The van der Waals surface area contributed by atoms with Crippen molar-refractivity contribution in [2.24, 2.45) is 17.8 Å². The van der Waals surface area contributed by atoms with Crippen LogP contribution in [0.3, 0.4) is 0 Å². The third-order valence-corrected chi connectivity index (χ3v) is 5.89. The quantitative estimate of drug-likeness (QED) is 0.711. The van der Waals surface area contributed by atoms with E-state index >= 15 is 0 Å². The maximum atomic E-state index is 13.2. The summed E-state index contributed by atoms with van der Waals surface area (Å²) in [6.07, 6.45) is 4.58. The summed E-state index contributed by atoms with van der Waals surface area (Å²) in [6.45, 7) is 7.73. The Morgan fingerprint density at radius 2 is 2.26 bits per heavy atom. The van der Waals surface area contributed by atoms with Crippen molar-refractivity contribution >= 4 is 11.8 Å². The van der Waals surface area contributed by atoms with Crippen LogP contribution in [-0.2, 0) is 20.9 Å². The number of rotatable bonds is 6. The molecule has 0 aliphatic carbocycles. The molecule has 7 heteroatoms. The zero-order valence-electron chi connectivity index (χ0n) is 16.3. The van der Waals surface area contributed by atoms with E-state index in [1.165, 1.54) is 0 Å². The Hall–Kier alpha value is -2.15. The Bertz CT molecular complexity index is 786. The normalized spacial score (nSPS) is 31.2.